The molecule has 5 rings (SSSR count). The van der Waals surface area contributed by atoms with Crippen molar-refractivity contribution in [3.63, 3.8) is 0 Å². The van der Waals surface area contributed by atoms with Crippen molar-refractivity contribution in [1.29, 1.82) is 0 Å². The van der Waals surface area contributed by atoms with Crippen LogP contribution in [0.1, 0.15) is 44.1 Å². The third-order valence-electron chi connectivity index (χ3n) is 5.22. The van der Waals surface area contributed by atoms with Gasteiger partial charge in [0.1, 0.15) is 0 Å². The number of hydrogen-bond acceptors (Lipinski definition) is 0. The molecule has 4 aliphatic rings. The zero-order valence-corrected chi connectivity index (χ0v) is 9.71. The predicted molar refractivity (Wildman–Crippen MR) is 64.0 cm³/mol. The third kappa shape index (κ3) is 1.22. The van der Waals surface area contributed by atoms with Gasteiger partial charge in [-0.3, -0.25) is 0 Å². The molecule has 0 heteroatoms. The Balaban J connectivity index is 1.77. The van der Waals surface area contributed by atoms with Crippen LogP contribution in [0.3, 0.4) is 0 Å². The Morgan fingerprint density at radius 2 is 1.38 bits per heavy atom. The summed E-state index contributed by atoms with van der Waals surface area (Å²) in [5, 5.41) is 0. The Kier molecular flexibility index (Phi) is 1.81. The smallest absolute Gasteiger partial charge is 0.00268 e. The molecule has 4 fully saturated rings. The summed E-state index contributed by atoms with van der Waals surface area (Å²) in [5.41, 5.74) is 1.88. The van der Waals surface area contributed by atoms with E-state index in [1.54, 1.807) is 0 Å². The monoisotopic (exact) mass is 210 g/mol. The van der Waals surface area contributed by atoms with Crippen molar-refractivity contribution in [2.75, 3.05) is 0 Å². The molecule has 0 unspecified atom stereocenters. The quantitative estimate of drug-likeness (QED) is 0.662. The van der Waals surface area contributed by atoms with E-state index in [1.807, 2.05) is 6.07 Å². The maximum atomic E-state index is 3.47. The first-order valence-electron chi connectivity index (χ1n) is 6.73. The van der Waals surface area contributed by atoms with E-state index >= 15 is 0 Å². The summed E-state index contributed by atoms with van der Waals surface area (Å²) >= 11 is 0. The molecule has 0 aliphatic heterocycles. The molecule has 16 heavy (non-hydrogen) atoms. The predicted octanol–water partition coefficient (Wildman–Crippen LogP) is 3.75. The molecule has 82 valence electrons. The van der Waals surface area contributed by atoms with E-state index in [0.29, 0.717) is 5.41 Å². The highest BCUT2D eigenvalue weighted by atomic mass is 14.6. The molecular formula is C16H18. The second-order valence-electron chi connectivity index (χ2n) is 6.39. The summed E-state index contributed by atoms with van der Waals surface area (Å²) in [4.78, 5) is 0. The highest BCUT2D eigenvalue weighted by Crippen LogP contribution is 2.60. The maximum absolute atomic E-state index is 3.47. The first-order chi connectivity index (χ1) is 7.84. The molecule has 0 nitrogen and oxygen atoms in total. The Labute approximate surface area is 98.1 Å². The molecule has 1 aromatic rings. The summed E-state index contributed by atoms with van der Waals surface area (Å²) < 4.78 is 0. The Hall–Kier alpha value is -0.780. The number of hydrogen-bond donors (Lipinski definition) is 0. The van der Waals surface area contributed by atoms with Crippen LogP contribution in [0.25, 0.3) is 0 Å². The van der Waals surface area contributed by atoms with Crippen molar-refractivity contribution < 1.29 is 0 Å². The van der Waals surface area contributed by atoms with Gasteiger partial charge < -0.3 is 0 Å². The first-order valence-corrected chi connectivity index (χ1v) is 6.73. The lowest BCUT2D eigenvalue weighted by Gasteiger charge is -2.57. The van der Waals surface area contributed by atoms with E-state index in [0.717, 1.165) is 17.8 Å². The molecule has 4 saturated carbocycles. The lowest BCUT2D eigenvalue weighted by atomic mass is 9.48. The molecule has 2 radical (unpaired) electrons. The van der Waals surface area contributed by atoms with Crippen LogP contribution in [0.4, 0.5) is 0 Å². The Bertz CT molecular complexity index is 354. The second-order valence-corrected chi connectivity index (χ2v) is 6.39. The van der Waals surface area contributed by atoms with Gasteiger partial charge in [-0.1, -0.05) is 18.2 Å². The van der Waals surface area contributed by atoms with Gasteiger partial charge in [0.05, 0.1) is 0 Å². The standard InChI is InChI=1S/C16H18/c1-2-4-15(5-3-1)16-9-12-6-13(10-16)8-14(7-12)11-16/h1-3,12-14H,6-11H2. The summed E-state index contributed by atoms with van der Waals surface area (Å²) in [6, 6.07) is 13.1. The summed E-state index contributed by atoms with van der Waals surface area (Å²) in [6.07, 6.45) is 8.84. The van der Waals surface area contributed by atoms with Crippen molar-refractivity contribution >= 4 is 0 Å². The van der Waals surface area contributed by atoms with Gasteiger partial charge in [0.2, 0.25) is 0 Å². The van der Waals surface area contributed by atoms with Crippen molar-refractivity contribution in [3.05, 3.63) is 35.9 Å². The fraction of sp³-hybridized carbons (Fsp3) is 0.625. The van der Waals surface area contributed by atoms with Crippen LogP contribution in [0.2, 0.25) is 0 Å². The van der Waals surface area contributed by atoms with Crippen LogP contribution in [-0.4, -0.2) is 0 Å². The minimum atomic E-state index is 0.482. The lowest BCUT2D eigenvalue weighted by Crippen LogP contribution is -2.48. The van der Waals surface area contributed by atoms with Crippen LogP contribution < -0.4 is 0 Å². The van der Waals surface area contributed by atoms with Gasteiger partial charge in [-0.25, -0.2) is 0 Å². The average Bonchev–Trinajstić information content (AvgIpc) is 2.28. The molecular weight excluding hydrogens is 192 g/mol. The van der Waals surface area contributed by atoms with Gasteiger partial charge >= 0.3 is 0 Å². The highest BCUT2D eigenvalue weighted by Gasteiger charge is 2.51. The minimum Gasteiger partial charge on any atom is -0.0610 e. The molecule has 0 spiro atoms. The maximum Gasteiger partial charge on any atom is -0.00268 e. The average molecular weight is 210 g/mol. The zero-order chi connectivity index (χ0) is 10.6. The normalized spacial score (nSPS) is 44.9. The summed E-state index contributed by atoms with van der Waals surface area (Å²) in [6.45, 7) is 0. The first kappa shape index (κ1) is 9.27. The van der Waals surface area contributed by atoms with Crippen LogP contribution in [0.15, 0.2) is 18.2 Å². The Morgan fingerprint density at radius 1 is 0.875 bits per heavy atom. The van der Waals surface area contributed by atoms with Crippen molar-refractivity contribution in [1.82, 2.24) is 0 Å². The van der Waals surface area contributed by atoms with Crippen LogP contribution in [0, 0.1) is 29.9 Å². The van der Waals surface area contributed by atoms with Gasteiger partial charge in [0.15, 0.2) is 0 Å². The van der Waals surface area contributed by atoms with Gasteiger partial charge in [-0.2, -0.15) is 0 Å². The fourth-order valence-corrected chi connectivity index (χ4v) is 5.08. The fourth-order valence-electron chi connectivity index (χ4n) is 5.08. The summed E-state index contributed by atoms with van der Waals surface area (Å²) in [5.74, 6) is 3.06. The van der Waals surface area contributed by atoms with Gasteiger partial charge in [-0.15, -0.1) is 0 Å². The van der Waals surface area contributed by atoms with Crippen LogP contribution >= 0.6 is 0 Å². The molecule has 1 aromatic carbocycles. The number of benzene rings is 1. The molecule has 0 saturated heterocycles. The van der Waals surface area contributed by atoms with E-state index in [4.69, 9.17) is 0 Å². The topological polar surface area (TPSA) is 0 Å². The molecule has 0 heterocycles. The van der Waals surface area contributed by atoms with Crippen molar-refractivity contribution in [2.24, 2.45) is 17.8 Å². The lowest BCUT2D eigenvalue weighted by molar-refractivity contribution is -0.00542. The Morgan fingerprint density at radius 3 is 1.88 bits per heavy atom. The van der Waals surface area contributed by atoms with Gasteiger partial charge in [0, 0.05) is 0 Å². The van der Waals surface area contributed by atoms with E-state index in [2.05, 4.69) is 24.3 Å². The molecule has 0 aromatic heterocycles. The minimum absolute atomic E-state index is 0.482. The van der Waals surface area contributed by atoms with Crippen molar-refractivity contribution in [2.45, 2.75) is 43.9 Å². The highest BCUT2D eigenvalue weighted by molar-refractivity contribution is 5.27. The largest absolute Gasteiger partial charge is 0.0610 e. The van der Waals surface area contributed by atoms with Crippen LogP contribution in [-0.2, 0) is 5.41 Å². The zero-order valence-electron chi connectivity index (χ0n) is 9.71. The van der Waals surface area contributed by atoms with E-state index in [9.17, 15) is 0 Å². The SMILES string of the molecule is [c]1ccc[c]c1C12CC3CC(CC(C3)C1)C2. The number of rotatable bonds is 1. The molecule has 0 atom stereocenters. The third-order valence-corrected chi connectivity index (χ3v) is 5.22. The van der Waals surface area contributed by atoms with E-state index in [1.165, 1.54) is 44.1 Å². The molecule has 0 amide bonds. The second kappa shape index (κ2) is 3.12. The summed E-state index contributed by atoms with van der Waals surface area (Å²) in [7, 11) is 0. The van der Waals surface area contributed by atoms with Gasteiger partial charge in [0.25, 0.3) is 0 Å². The molecule has 4 bridgehead atoms. The van der Waals surface area contributed by atoms with E-state index in [-0.39, 0.29) is 0 Å². The van der Waals surface area contributed by atoms with Gasteiger partial charge in [-0.05, 0) is 79.4 Å². The van der Waals surface area contributed by atoms with E-state index < -0.39 is 0 Å². The molecule has 0 N–H and O–H groups in total. The molecule has 4 aliphatic carbocycles. The van der Waals surface area contributed by atoms with Crippen molar-refractivity contribution in [3.8, 4) is 0 Å². The van der Waals surface area contributed by atoms with Crippen LogP contribution in [0.5, 0.6) is 0 Å².